The van der Waals surface area contributed by atoms with Crippen LogP contribution < -0.4 is 0 Å². The molecule has 96 valence electrons. The molecule has 2 heteroatoms. The third-order valence-electron chi connectivity index (χ3n) is 3.07. The van der Waals surface area contributed by atoms with Crippen LogP contribution in [0.15, 0.2) is 30.3 Å². The summed E-state index contributed by atoms with van der Waals surface area (Å²) < 4.78 is 0. The Morgan fingerprint density at radius 1 is 1.00 bits per heavy atom. The molecular formula is C15H24O2. The standard InChI is InChI=1S/C15H24O2/c1-2-3-4-8-11-14(16)12-15(17)13-9-6-5-7-10-13/h5-7,9-10,14-17H,2-4,8,11-12H2,1H3/t14-,15-/m0/s1. The van der Waals surface area contributed by atoms with Gasteiger partial charge in [-0.05, 0) is 12.0 Å². The van der Waals surface area contributed by atoms with Gasteiger partial charge >= 0.3 is 0 Å². The number of aliphatic hydroxyl groups excluding tert-OH is 2. The lowest BCUT2D eigenvalue weighted by Crippen LogP contribution is -2.12. The molecule has 1 aromatic rings. The van der Waals surface area contributed by atoms with Crippen LogP contribution in [0.25, 0.3) is 0 Å². The first kappa shape index (κ1) is 14.2. The van der Waals surface area contributed by atoms with E-state index in [0.29, 0.717) is 6.42 Å². The van der Waals surface area contributed by atoms with Gasteiger partial charge in [0.1, 0.15) is 0 Å². The van der Waals surface area contributed by atoms with Gasteiger partial charge in [-0.25, -0.2) is 0 Å². The molecule has 0 aromatic heterocycles. The largest absolute Gasteiger partial charge is 0.393 e. The highest BCUT2D eigenvalue weighted by Crippen LogP contribution is 2.20. The van der Waals surface area contributed by atoms with Crippen LogP contribution in [0.5, 0.6) is 0 Å². The summed E-state index contributed by atoms with van der Waals surface area (Å²) in [6.45, 7) is 2.18. The number of hydrogen-bond donors (Lipinski definition) is 2. The van der Waals surface area contributed by atoms with E-state index in [0.717, 1.165) is 18.4 Å². The van der Waals surface area contributed by atoms with Crippen molar-refractivity contribution in [3.8, 4) is 0 Å². The van der Waals surface area contributed by atoms with Gasteiger partial charge in [-0.15, -0.1) is 0 Å². The van der Waals surface area contributed by atoms with Crippen LogP contribution in [0.2, 0.25) is 0 Å². The first-order valence-electron chi connectivity index (χ1n) is 6.65. The van der Waals surface area contributed by atoms with Crippen molar-refractivity contribution in [1.29, 1.82) is 0 Å². The summed E-state index contributed by atoms with van der Waals surface area (Å²) >= 11 is 0. The SMILES string of the molecule is CCCCCC[C@H](O)C[C@H](O)c1ccccc1. The second-order valence-corrected chi connectivity index (χ2v) is 4.67. The minimum Gasteiger partial charge on any atom is -0.393 e. The third-order valence-corrected chi connectivity index (χ3v) is 3.07. The number of unbranched alkanes of at least 4 members (excludes halogenated alkanes) is 3. The fourth-order valence-corrected chi connectivity index (χ4v) is 1.99. The number of rotatable bonds is 8. The van der Waals surface area contributed by atoms with E-state index in [-0.39, 0.29) is 6.10 Å². The molecule has 2 nitrogen and oxygen atoms in total. The maximum absolute atomic E-state index is 9.93. The zero-order valence-electron chi connectivity index (χ0n) is 10.7. The summed E-state index contributed by atoms with van der Waals surface area (Å²) in [5.41, 5.74) is 0.889. The van der Waals surface area contributed by atoms with Crippen molar-refractivity contribution >= 4 is 0 Å². The molecule has 17 heavy (non-hydrogen) atoms. The van der Waals surface area contributed by atoms with Crippen LogP contribution in [0, 0.1) is 0 Å². The highest BCUT2D eigenvalue weighted by Gasteiger charge is 2.12. The van der Waals surface area contributed by atoms with Crippen LogP contribution in [-0.4, -0.2) is 16.3 Å². The molecule has 0 aliphatic rings. The van der Waals surface area contributed by atoms with Crippen molar-refractivity contribution < 1.29 is 10.2 Å². The predicted octanol–water partition coefficient (Wildman–Crippen LogP) is 3.44. The monoisotopic (exact) mass is 236 g/mol. The second kappa shape index (κ2) is 8.26. The van der Waals surface area contributed by atoms with Crippen LogP contribution in [0.3, 0.4) is 0 Å². The Morgan fingerprint density at radius 3 is 2.35 bits per heavy atom. The zero-order valence-corrected chi connectivity index (χ0v) is 10.7. The molecule has 0 saturated heterocycles. The van der Waals surface area contributed by atoms with Crippen LogP contribution in [0.1, 0.15) is 57.1 Å². The van der Waals surface area contributed by atoms with Crippen LogP contribution in [0.4, 0.5) is 0 Å². The van der Waals surface area contributed by atoms with Crippen molar-refractivity contribution in [3.05, 3.63) is 35.9 Å². The number of aliphatic hydroxyl groups is 2. The Balaban J connectivity index is 2.24. The highest BCUT2D eigenvalue weighted by atomic mass is 16.3. The van der Waals surface area contributed by atoms with Gasteiger partial charge in [0.15, 0.2) is 0 Å². The van der Waals surface area contributed by atoms with Gasteiger partial charge in [-0.1, -0.05) is 62.9 Å². The second-order valence-electron chi connectivity index (χ2n) is 4.67. The molecule has 2 N–H and O–H groups in total. The molecule has 0 unspecified atom stereocenters. The lowest BCUT2D eigenvalue weighted by atomic mass is 10.00. The van der Waals surface area contributed by atoms with E-state index in [1.807, 2.05) is 30.3 Å². The first-order chi connectivity index (χ1) is 8.24. The fraction of sp³-hybridized carbons (Fsp3) is 0.600. The molecule has 1 aromatic carbocycles. The van der Waals surface area contributed by atoms with Crippen molar-refractivity contribution in [2.75, 3.05) is 0 Å². The molecule has 1 rings (SSSR count). The van der Waals surface area contributed by atoms with Gasteiger partial charge in [0.2, 0.25) is 0 Å². The maximum atomic E-state index is 9.93. The molecule has 0 saturated carbocycles. The van der Waals surface area contributed by atoms with E-state index in [1.165, 1.54) is 19.3 Å². The average Bonchev–Trinajstić information content (AvgIpc) is 2.36. The van der Waals surface area contributed by atoms with Crippen molar-refractivity contribution in [3.63, 3.8) is 0 Å². The molecule has 0 spiro atoms. The lowest BCUT2D eigenvalue weighted by Gasteiger charge is -2.15. The summed E-state index contributed by atoms with van der Waals surface area (Å²) in [5, 5.41) is 19.8. The Hall–Kier alpha value is -0.860. The predicted molar refractivity (Wildman–Crippen MR) is 70.8 cm³/mol. The smallest absolute Gasteiger partial charge is 0.0814 e. The van der Waals surface area contributed by atoms with Crippen molar-refractivity contribution in [1.82, 2.24) is 0 Å². The molecule has 0 aliphatic carbocycles. The number of hydrogen-bond acceptors (Lipinski definition) is 2. The Morgan fingerprint density at radius 2 is 1.71 bits per heavy atom. The van der Waals surface area contributed by atoms with Gasteiger partial charge < -0.3 is 10.2 Å². The summed E-state index contributed by atoms with van der Waals surface area (Å²) in [4.78, 5) is 0. The Kier molecular flexibility index (Phi) is 6.90. The minimum absolute atomic E-state index is 0.387. The van der Waals surface area contributed by atoms with Gasteiger partial charge in [0.25, 0.3) is 0 Å². The maximum Gasteiger partial charge on any atom is 0.0814 e. The summed E-state index contributed by atoms with van der Waals surface area (Å²) in [6.07, 6.45) is 4.97. The van der Waals surface area contributed by atoms with E-state index < -0.39 is 6.10 Å². The van der Waals surface area contributed by atoms with Crippen LogP contribution in [-0.2, 0) is 0 Å². The van der Waals surface area contributed by atoms with Gasteiger partial charge in [0.05, 0.1) is 12.2 Å². The molecule has 0 radical (unpaired) electrons. The Bertz CT molecular complexity index is 284. The molecule has 0 aliphatic heterocycles. The number of benzene rings is 1. The molecule has 2 atom stereocenters. The van der Waals surface area contributed by atoms with Crippen LogP contribution >= 0.6 is 0 Å². The quantitative estimate of drug-likeness (QED) is 0.679. The van der Waals surface area contributed by atoms with Crippen molar-refractivity contribution in [2.45, 2.75) is 57.7 Å². The molecule has 0 bridgehead atoms. The first-order valence-corrected chi connectivity index (χ1v) is 6.65. The molecule has 0 heterocycles. The zero-order chi connectivity index (χ0) is 12.5. The van der Waals surface area contributed by atoms with Gasteiger partial charge in [-0.2, -0.15) is 0 Å². The van der Waals surface area contributed by atoms with Crippen molar-refractivity contribution in [2.24, 2.45) is 0 Å². The highest BCUT2D eigenvalue weighted by molar-refractivity contribution is 5.17. The van der Waals surface area contributed by atoms with Gasteiger partial charge in [-0.3, -0.25) is 0 Å². The van der Waals surface area contributed by atoms with Gasteiger partial charge in [0, 0.05) is 6.42 Å². The summed E-state index contributed by atoms with van der Waals surface area (Å²) in [6, 6.07) is 9.54. The molecule has 0 amide bonds. The Labute approximate surface area is 104 Å². The molecular weight excluding hydrogens is 212 g/mol. The van der Waals surface area contributed by atoms with E-state index >= 15 is 0 Å². The topological polar surface area (TPSA) is 40.5 Å². The van der Waals surface area contributed by atoms with E-state index in [4.69, 9.17) is 0 Å². The summed E-state index contributed by atoms with van der Waals surface area (Å²) in [7, 11) is 0. The fourth-order valence-electron chi connectivity index (χ4n) is 1.99. The van der Waals surface area contributed by atoms with E-state index in [1.54, 1.807) is 0 Å². The summed E-state index contributed by atoms with van der Waals surface area (Å²) in [5.74, 6) is 0. The van der Waals surface area contributed by atoms with E-state index in [2.05, 4.69) is 6.92 Å². The molecule has 0 fully saturated rings. The normalized spacial score (nSPS) is 14.5. The lowest BCUT2D eigenvalue weighted by molar-refractivity contribution is 0.0739. The minimum atomic E-state index is -0.544. The van der Waals surface area contributed by atoms with E-state index in [9.17, 15) is 10.2 Å². The average molecular weight is 236 g/mol. The third kappa shape index (κ3) is 5.85.